The molecule has 1 heterocycles. The summed E-state index contributed by atoms with van der Waals surface area (Å²) in [6, 6.07) is 14.0. The number of aromatic nitrogens is 3. The van der Waals surface area contributed by atoms with Crippen LogP contribution in [0.4, 0.5) is 0 Å². The highest BCUT2D eigenvalue weighted by Crippen LogP contribution is 2.16. The Labute approximate surface area is 159 Å². The molecule has 5 heteroatoms. The first-order chi connectivity index (χ1) is 13.1. The number of carbonyl (C=O) groups is 1. The van der Waals surface area contributed by atoms with E-state index in [1.54, 1.807) is 10.9 Å². The summed E-state index contributed by atoms with van der Waals surface area (Å²) in [6.07, 6.45) is 4.10. The summed E-state index contributed by atoms with van der Waals surface area (Å²) in [5, 5.41) is 8.21. The van der Waals surface area contributed by atoms with Gasteiger partial charge in [-0.2, -0.15) is 0 Å². The molecular weight excluding hydrogens is 336 g/mol. The zero-order chi connectivity index (χ0) is 19.2. The second-order valence-electron chi connectivity index (χ2n) is 6.64. The molecule has 1 aromatic heterocycles. The number of ketones is 1. The molecule has 5 nitrogen and oxygen atoms in total. The molecule has 0 atom stereocenters. The van der Waals surface area contributed by atoms with E-state index in [1.807, 2.05) is 69.4 Å². The Morgan fingerprint density at radius 1 is 1.11 bits per heavy atom. The lowest BCUT2D eigenvalue weighted by atomic mass is 9.98. The zero-order valence-electron chi connectivity index (χ0n) is 16.0. The molecule has 3 aromatic rings. The maximum Gasteiger partial charge on any atom is 0.158 e. The summed E-state index contributed by atoms with van der Waals surface area (Å²) in [7, 11) is 0. The maximum atomic E-state index is 12.2. The smallest absolute Gasteiger partial charge is 0.158 e. The fraction of sp³-hybridized carbons (Fsp3) is 0.273. The van der Waals surface area contributed by atoms with E-state index in [0.29, 0.717) is 6.42 Å². The van der Waals surface area contributed by atoms with E-state index in [9.17, 15) is 4.79 Å². The molecule has 0 radical (unpaired) electrons. The Kier molecular flexibility index (Phi) is 5.91. The van der Waals surface area contributed by atoms with Crippen molar-refractivity contribution in [3.05, 3.63) is 70.9 Å². The Morgan fingerprint density at radius 3 is 2.44 bits per heavy atom. The van der Waals surface area contributed by atoms with Crippen LogP contribution >= 0.6 is 0 Å². The lowest BCUT2D eigenvalue weighted by molar-refractivity contribution is -0.117. The van der Waals surface area contributed by atoms with Gasteiger partial charge in [-0.15, -0.1) is 5.10 Å². The van der Waals surface area contributed by atoms with E-state index in [1.165, 1.54) is 0 Å². The van der Waals surface area contributed by atoms with Gasteiger partial charge in [0, 0.05) is 24.7 Å². The predicted molar refractivity (Wildman–Crippen MR) is 108 cm³/mol. The van der Waals surface area contributed by atoms with Crippen molar-refractivity contribution in [1.29, 1.82) is 0 Å². The van der Waals surface area contributed by atoms with Crippen molar-refractivity contribution in [2.45, 2.75) is 33.7 Å². The number of aryl methyl sites for hydroxylation is 3. The summed E-state index contributed by atoms with van der Waals surface area (Å²) >= 11 is 0. The number of rotatable bonds is 7. The Balaban J connectivity index is 1.58. The van der Waals surface area contributed by atoms with Gasteiger partial charge in [0.25, 0.3) is 0 Å². The summed E-state index contributed by atoms with van der Waals surface area (Å²) < 4.78 is 1.80. The van der Waals surface area contributed by atoms with Gasteiger partial charge in [0.15, 0.2) is 5.78 Å². The van der Waals surface area contributed by atoms with Crippen molar-refractivity contribution < 1.29 is 4.79 Å². The zero-order valence-corrected chi connectivity index (χ0v) is 16.0. The minimum atomic E-state index is 0.122. The van der Waals surface area contributed by atoms with Crippen molar-refractivity contribution in [3.8, 4) is 11.3 Å². The highest BCUT2D eigenvalue weighted by molar-refractivity contribution is 5.87. The molecule has 0 saturated heterocycles. The minimum Gasteiger partial charge on any atom is -0.297 e. The molecule has 0 bridgehead atoms. The first-order valence-corrected chi connectivity index (χ1v) is 9.14. The van der Waals surface area contributed by atoms with E-state index in [2.05, 4.69) is 15.3 Å². The molecule has 0 fully saturated rings. The van der Waals surface area contributed by atoms with Crippen molar-refractivity contribution >= 4 is 12.0 Å². The van der Waals surface area contributed by atoms with E-state index in [4.69, 9.17) is 0 Å². The van der Waals surface area contributed by atoms with Crippen LogP contribution in [0.1, 0.15) is 29.2 Å². The average molecular weight is 360 g/mol. The van der Waals surface area contributed by atoms with Gasteiger partial charge in [-0.1, -0.05) is 47.7 Å². The molecule has 0 saturated carbocycles. The van der Waals surface area contributed by atoms with Gasteiger partial charge in [-0.3, -0.25) is 14.5 Å². The SMILES string of the molecule is CCn1cc(-c2ccc(C=NCC(=O)Cc3c(C)cccc3C)cc2)nn1. The monoisotopic (exact) mass is 360 g/mol. The van der Waals surface area contributed by atoms with Gasteiger partial charge in [-0.25, -0.2) is 0 Å². The number of Topliss-reactive ketones (excluding diaryl/α,β-unsaturated/α-hetero) is 1. The first kappa shape index (κ1) is 18.7. The molecule has 0 amide bonds. The second kappa shape index (κ2) is 8.54. The minimum absolute atomic E-state index is 0.122. The van der Waals surface area contributed by atoms with E-state index in [0.717, 1.165) is 40.1 Å². The van der Waals surface area contributed by atoms with Gasteiger partial charge < -0.3 is 0 Å². The van der Waals surface area contributed by atoms with Crippen molar-refractivity contribution in [3.63, 3.8) is 0 Å². The van der Waals surface area contributed by atoms with E-state index in [-0.39, 0.29) is 12.3 Å². The van der Waals surface area contributed by atoms with Gasteiger partial charge in [0.05, 0.1) is 12.7 Å². The summed E-state index contributed by atoms with van der Waals surface area (Å²) in [5.74, 6) is 0.122. The van der Waals surface area contributed by atoms with Crippen LogP contribution in [0.15, 0.2) is 53.7 Å². The van der Waals surface area contributed by atoms with Crippen molar-refractivity contribution in [2.24, 2.45) is 4.99 Å². The first-order valence-electron chi connectivity index (χ1n) is 9.14. The molecule has 2 aromatic carbocycles. The van der Waals surface area contributed by atoms with Gasteiger partial charge in [0.2, 0.25) is 0 Å². The topological polar surface area (TPSA) is 60.1 Å². The number of hydrogen-bond donors (Lipinski definition) is 0. The van der Waals surface area contributed by atoms with Crippen LogP contribution in [0.2, 0.25) is 0 Å². The fourth-order valence-corrected chi connectivity index (χ4v) is 2.96. The fourth-order valence-electron chi connectivity index (χ4n) is 2.96. The predicted octanol–water partition coefficient (Wildman–Crippen LogP) is 3.81. The highest BCUT2D eigenvalue weighted by atomic mass is 16.1. The number of hydrogen-bond acceptors (Lipinski definition) is 4. The van der Waals surface area contributed by atoms with Crippen LogP contribution in [0.25, 0.3) is 11.3 Å². The van der Waals surface area contributed by atoms with Crippen LogP contribution in [0, 0.1) is 13.8 Å². The van der Waals surface area contributed by atoms with E-state index >= 15 is 0 Å². The lowest BCUT2D eigenvalue weighted by Gasteiger charge is -2.07. The standard InChI is InChI=1S/C22H24N4O/c1-4-26-15-22(24-25-26)19-10-8-18(9-11-19)13-23-14-20(27)12-21-16(2)6-5-7-17(21)3/h5-11,13,15H,4,12,14H2,1-3H3. The molecular formula is C22H24N4O. The number of aliphatic imine (C=N–C) groups is 1. The van der Waals surface area contributed by atoms with Crippen LogP contribution in [-0.4, -0.2) is 33.5 Å². The third kappa shape index (κ3) is 4.76. The largest absolute Gasteiger partial charge is 0.297 e. The third-order valence-corrected chi connectivity index (χ3v) is 4.60. The number of benzene rings is 2. The van der Waals surface area contributed by atoms with Gasteiger partial charge in [-0.05, 0) is 43.0 Å². The molecule has 0 aliphatic carbocycles. The van der Waals surface area contributed by atoms with Crippen molar-refractivity contribution in [1.82, 2.24) is 15.0 Å². The maximum absolute atomic E-state index is 12.2. The molecule has 138 valence electrons. The Morgan fingerprint density at radius 2 is 1.81 bits per heavy atom. The molecule has 0 unspecified atom stereocenters. The van der Waals surface area contributed by atoms with E-state index < -0.39 is 0 Å². The molecule has 0 aliphatic heterocycles. The summed E-state index contributed by atoms with van der Waals surface area (Å²) in [5.41, 5.74) is 6.25. The quantitative estimate of drug-likeness (QED) is 0.602. The van der Waals surface area contributed by atoms with Crippen molar-refractivity contribution in [2.75, 3.05) is 6.54 Å². The number of nitrogens with zero attached hydrogens (tertiary/aromatic N) is 4. The van der Waals surface area contributed by atoms with Crippen LogP contribution < -0.4 is 0 Å². The molecule has 27 heavy (non-hydrogen) atoms. The average Bonchev–Trinajstić information content (AvgIpc) is 3.15. The molecule has 0 spiro atoms. The van der Waals surface area contributed by atoms with Gasteiger partial charge >= 0.3 is 0 Å². The van der Waals surface area contributed by atoms with Gasteiger partial charge in [0.1, 0.15) is 5.69 Å². The normalized spacial score (nSPS) is 11.2. The number of carbonyl (C=O) groups excluding carboxylic acids is 1. The molecule has 0 N–H and O–H groups in total. The third-order valence-electron chi connectivity index (χ3n) is 4.60. The summed E-state index contributed by atoms with van der Waals surface area (Å²) in [6.45, 7) is 7.10. The van der Waals surface area contributed by atoms with Crippen LogP contribution in [0.5, 0.6) is 0 Å². The Bertz CT molecular complexity index is 934. The van der Waals surface area contributed by atoms with Crippen LogP contribution in [0.3, 0.4) is 0 Å². The summed E-state index contributed by atoms with van der Waals surface area (Å²) in [4.78, 5) is 16.6. The molecule has 0 aliphatic rings. The molecule has 3 rings (SSSR count). The Hall–Kier alpha value is -3.08. The lowest BCUT2D eigenvalue weighted by Crippen LogP contribution is -2.09. The second-order valence-corrected chi connectivity index (χ2v) is 6.64. The van der Waals surface area contributed by atoms with Crippen LogP contribution in [-0.2, 0) is 17.8 Å². The highest BCUT2D eigenvalue weighted by Gasteiger charge is 2.08.